The fraction of sp³-hybridized carbons (Fsp3) is 0.538. The molecule has 0 aromatic heterocycles. The Bertz CT molecular complexity index is 339. The van der Waals surface area contributed by atoms with Gasteiger partial charge in [0.15, 0.2) is 0 Å². The van der Waals surface area contributed by atoms with Gasteiger partial charge < -0.3 is 4.90 Å². The predicted octanol–water partition coefficient (Wildman–Crippen LogP) is 4.70. The van der Waals surface area contributed by atoms with E-state index in [0.29, 0.717) is 11.9 Å². The van der Waals surface area contributed by atoms with Crippen LogP contribution in [0.5, 0.6) is 0 Å². The molecule has 0 bridgehead atoms. The van der Waals surface area contributed by atoms with Crippen molar-refractivity contribution < 1.29 is 0 Å². The second-order valence-electron chi connectivity index (χ2n) is 3.95. The highest BCUT2D eigenvalue weighted by Crippen LogP contribution is 2.28. The molecule has 0 radical (unpaired) electrons. The summed E-state index contributed by atoms with van der Waals surface area (Å²) in [5, 5.41) is 0.769. The summed E-state index contributed by atoms with van der Waals surface area (Å²) in [6.07, 6.45) is 1.11. The summed E-state index contributed by atoms with van der Waals surface area (Å²) in [6.45, 7) is 7.55. The monoisotopic (exact) mass is 259 g/mol. The Balaban J connectivity index is 3.11. The highest BCUT2D eigenvalue weighted by molar-refractivity contribution is 6.31. The van der Waals surface area contributed by atoms with Crippen molar-refractivity contribution in [3.8, 4) is 0 Å². The molecule has 0 fully saturated rings. The van der Waals surface area contributed by atoms with Crippen molar-refractivity contribution >= 4 is 28.9 Å². The molecule has 3 heteroatoms. The van der Waals surface area contributed by atoms with E-state index in [2.05, 4.69) is 25.7 Å². The van der Waals surface area contributed by atoms with Crippen LogP contribution in [0.1, 0.15) is 32.8 Å². The molecule has 0 amide bonds. The van der Waals surface area contributed by atoms with Crippen LogP contribution in [0.2, 0.25) is 5.02 Å². The Labute approximate surface area is 108 Å². The second kappa shape index (κ2) is 6.36. The van der Waals surface area contributed by atoms with Gasteiger partial charge in [-0.25, -0.2) is 0 Å². The number of rotatable bonds is 5. The molecule has 1 aromatic carbocycles. The van der Waals surface area contributed by atoms with Crippen LogP contribution in [0.3, 0.4) is 0 Å². The lowest BCUT2D eigenvalue weighted by atomic mass is 10.1. The summed E-state index contributed by atoms with van der Waals surface area (Å²) in [6, 6.07) is 6.42. The summed E-state index contributed by atoms with van der Waals surface area (Å²) >= 11 is 12.0. The van der Waals surface area contributed by atoms with Crippen LogP contribution in [0.15, 0.2) is 18.2 Å². The minimum absolute atomic E-state index is 0.505. The first-order valence-corrected chi connectivity index (χ1v) is 6.66. The van der Waals surface area contributed by atoms with Crippen molar-refractivity contribution in [1.29, 1.82) is 0 Å². The molecule has 0 heterocycles. The van der Waals surface area contributed by atoms with E-state index in [4.69, 9.17) is 23.2 Å². The van der Waals surface area contributed by atoms with Gasteiger partial charge in [0.05, 0.1) is 0 Å². The lowest BCUT2D eigenvalue weighted by Crippen LogP contribution is -2.33. The quantitative estimate of drug-likeness (QED) is 0.693. The van der Waals surface area contributed by atoms with Crippen LogP contribution in [-0.2, 0) is 5.88 Å². The number of halogens is 2. The maximum Gasteiger partial charge on any atom is 0.0494 e. The highest BCUT2D eigenvalue weighted by atomic mass is 35.5. The van der Waals surface area contributed by atoms with Gasteiger partial charge in [0, 0.05) is 29.2 Å². The predicted molar refractivity (Wildman–Crippen MR) is 73.8 cm³/mol. The van der Waals surface area contributed by atoms with Crippen molar-refractivity contribution in [2.24, 2.45) is 0 Å². The fourth-order valence-electron chi connectivity index (χ4n) is 1.86. The van der Waals surface area contributed by atoms with Gasteiger partial charge in [0.1, 0.15) is 0 Å². The SMILES string of the molecule is CCC(C)N(CC)c1cc(Cl)ccc1CCl. The zero-order chi connectivity index (χ0) is 12.1. The van der Waals surface area contributed by atoms with Crippen molar-refractivity contribution in [3.63, 3.8) is 0 Å². The van der Waals surface area contributed by atoms with E-state index < -0.39 is 0 Å². The molecular formula is C13H19Cl2N. The molecule has 0 aliphatic heterocycles. The van der Waals surface area contributed by atoms with E-state index in [9.17, 15) is 0 Å². The van der Waals surface area contributed by atoms with Gasteiger partial charge in [0.2, 0.25) is 0 Å². The Morgan fingerprint density at radius 3 is 2.50 bits per heavy atom. The van der Waals surface area contributed by atoms with Crippen molar-refractivity contribution in [2.45, 2.75) is 39.1 Å². The van der Waals surface area contributed by atoms with Gasteiger partial charge >= 0.3 is 0 Å². The van der Waals surface area contributed by atoms with Gasteiger partial charge in [-0.05, 0) is 38.0 Å². The molecule has 0 aliphatic rings. The van der Waals surface area contributed by atoms with E-state index in [1.54, 1.807) is 0 Å². The van der Waals surface area contributed by atoms with E-state index in [0.717, 1.165) is 23.6 Å². The third-order valence-corrected chi connectivity index (χ3v) is 3.49. The van der Waals surface area contributed by atoms with Gasteiger partial charge in [-0.2, -0.15) is 0 Å². The van der Waals surface area contributed by atoms with E-state index >= 15 is 0 Å². The fourth-order valence-corrected chi connectivity index (χ4v) is 2.25. The molecule has 0 aliphatic carbocycles. The maximum absolute atomic E-state index is 6.05. The minimum atomic E-state index is 0.505. The summed E-state index contributed by atoms with van der Waals surface area (Å²) in [4.78, 5) is 2.35. The van der Waals surface area contributed by atoms with E-state index in [-0.39, 0.29) is 0 Å². The average molecular weight is 260 g/mol. The van der Waals surface area contributed by atoms with E-state index in [1.807, 2.05) is 18.2 Å². The van der Waals surface area contributed by atoms with Crippen molar-refractivity contribution in [3.05, 3.63) is 28.8 Å². The summed E-state index contributed by atoms with van der Waals surface area (Å²) in [5.74, 6) is 0.527. The van der Waals surface area contributed by atoms with Crippen LogP contribution in [0, 0.1) is 0 Å². The normalized spacial score (nSPS) is 12.6. The molecule has 0 N–H and O–H groups in total. The molecular weight excluding hydrogens is 241 g/mol. The topological polar surface area (TPSA) is 3.24 Å². The molecule has 1 unspecified atom stereocenters. The number of benzene rings is 1. The Kier molecular flexibility index (Phi) is 5.43. The molecule has 0 saturated carbocycles. The number of hydrogen-bond donors (Lipinski definition) is 0. The lowest BCUT2D eigenvalue weighted by molar-refractivity contribution is 0.628. The molecule has 1 aromatic rings. The van der Waals surface area contributed by atoms with Crippen LogP contribution in [-0.4, -0.2) is 12.6 Å². The number of nitrogens with zero attached hydrogens (tertiary/aromatic N) is 1. The molecule has 1 rings (SSSR count). The first-order valence-electron chi connectivity index (χ1n) is 5.75. The molecule has 16 heavy (non-hydrogen) atoms. The Morgan fingerprint density at radius 1 is 1.31 bits per heavy atom. The van der Waals surface area contributed by atoms with Crippen LogP contribution in [0.4, 0.5) is 5.69 Å². The Hall–Kier alpha value is -0.400. The standard InChI is InChI=1S/C13H19Cl2N/c1-4-10(3)16(5-2)13-8-12(15)7-6-11(13)9-14/h6-8,10H,4-5,9H2,1-3H3. The maximum atomic E-state index is 6.05. The highest BCUT2D eigenvalue weighted by Gasteiger charge is 2.14. The summed E-state index contributed by atoms with van der Waals surface area (Å²) < 4.78 is 0. The third-order valence-electron chi connectivity index (χ3n) is 2.96. The average Bonchev–Trinajstić information content (AvgIpc) is 2.30. The zero-order valence-corrected chi connectivity index (χ0v) is 11.6. The zero-order valence-electron chi connectivity index (χ0n) is 10.1. The lowest BCUT2D eigenvalue weighted by Gasteiger charge is -2.31. The molecule has 0 spiro atoms. The van der Waals surface area contributed by atoms with Crippen LogP contribution < -0.4 is 4.90 Å². The van der Waals surface area contributed by atoms with Gasteiger partial charge in [-0.15, -0.1) is 11.6 Å². The minimum Gasteiger partial charge on any atom is -0.369 e. The van der Waals surface area contributed by atoms with Crippen molar-refractivity contribution in [2.75, 3.05) is 11.4 Å². The van der Waals surface area contributed by atoms with Crippen molar-refractivity contribution in [1.82, 2.24) is 0 Å². The smallest absolute Gasteiger partial charge is 0.0494 e. The second-order valence-corrected chi connectivity index (χ2v) is 4.65. The third kappa shape index (κ3) is 3.05. The first kappa shape index (κ1) is 13.7. The largest absolute Gasteiger partial charge is 0.369 e. The van der Waals surface area contributed by atoms with E-state index in [1.165, 1.54) is 5.69 Å². The Morgan fingerprint density at radius 2 is 2.00 bits per heavy atom. The number of alkyl halides is 1. The first-order chi connectivity index (χ1) is 7.63. The number of anilines is 1. The molecule has 90 valence electrons. The van der Waals surface area contributed by atoms with Crippen LogP contribution >= 0.6 is 23.2 Å². The van der Waals surface area contributed by atoms with Gasteiger partial charge in [-0.1, -0.05) is 24.6 Å². The van der Waals surface area contributed by atoms with Gasteiger partial charge in [-0.3, -0.25) is 0 Å². The molecule has 1 nitrogen and oxygen atoms in total. The summed E-state index contributed by atoms with van der Waals surface area (Å²) in [5.41, 5.74) is 2.31. The molecule has 0 saturated heterocycles. The summed E-state index contributed by atoms with van der Waals surface area (Å²) in [7, 11) is 0. The molecule has 1 atom stereocenters. The van der Waals surface area contributed by atoms with Crippen LogP contribution in [0.25, 0.3) is 0 Å². The number of hydrogen-bond acceptors (Lipinski definition) is 1. The van der Waals surface area contributed by atoms with Gasteiger partial charge in [0.25, 0.3) is 0 Å².